The maximum Gasteiger partial charge on any atom is 0.187 e. The highest BCUT2D eigenvalue weighted by atomic mass is 19.1. The molecule has 1 heterocycles. The number of hydrogen-bond acceptors (Lipinski definition) is 3. The van der Waals surface area contributed by atoms with Gasteiger partial charge in [0.2, 0.25) is 0 Å². The lowest BCUT2D eigenvalue weighted by Crippen LogP contribution is -2.32. The molecule has 1 N–H and O–H groups in total. The van der Waals surface area contributed by atoms with E-state index in [2.05, 4.69) is 11.9 Å². The number of nitrogens with zero attached hydrogens (tertiary/aromatic N) is 1. The summed E-state index contributed by atoms with van der Waals surface area (Å²) >= 11 is 0. The van der Waals surface area contributed by atoms with Crippen molar-refractivity contribution in [3.63, 3.8) is 0 Å². The molecule has 1 unspecified atom stereocenters. The van der Waals surface area contributed by atoms with Crippen molar-refractivity contribution in [2.24, 2.45) is 0 Å². The van der Waals surface area contributed by atoms with Gasteiger partial charge in [-0.3, -0.25) is 4.98 Å². The number of aromatic nitrogens is 1. The maximum atomic E-state index is 13.6. The molecule has 0 saturated carbocycles. The van der Waals surface area contributed by atoms with Crippen LogP contribution >= 0.6 is 0 Å². The SMILES string of the molecule is COCC1(C)CCCc2nc(-c3cc(F)c(O)c(F)c3)ccc21. The van der Waals surface area contributed by atoms with Crippen LogP contribution < -0.4 is 0 Å². The van der Waals surface area contributed by atoms with E-state index in [-0.39, 0.29) is 5.41 Å². The average molecular weight is 319 g/mol. The van der Waals surface area contributed by atoms with Crippen LogP contribution in [0.5, 0.6) is 5.75 Å². The minimum absolute atomic E-state index is 0.0840. The predicted molar refractivity (Wildman–Crippen MR) is 83.4 cm³/mol. The quantitative estimate of drug-likeness (QED) is 0.931. The van der Waals surface area contributed by atoms with Crippen LogP contribution in [0.15, 0.2) is 24.3 Å². The van der Waals surface area contributed by atoms with E-state index in [1.54, 1.807) is 13.2 Å². The summed E-state index contributed by atoms with van der Waals surface area (Å²) < 4.78 is 32.5. The fourth-order valence-electron chi connectivity index (χ4n) is 3.36. The number of aryl methyl sites for hydroxylation is 1. The van der Waals surface area contributed by atoms with E-state index in [1.165, 1.54) is 0 Å². The van der Waals surface area contributed by atoms with Gasteiger partial charge in [0.1, 0.15) is 0 Å². The Kier molecular flexibility index (Phi) is 4.06. The first kappa shape index (κ1) is 15.9. The largest absolute Gasteiger partial charge is 0.503 e. The summed E-state index contributed by atoms with van der Waals surface area (Å²) in [4.78, 5) is 4.60. The molecule has 0 saturated heterocycles. The molecule has 0 fully saturated rings. The number of rotatable bonds is 3. The highest BCUT2D eigenvalue weighted by Crippen LogP contribution is 2.38. The fourth-order valence-corrected chi connectivity index (χ4v) is 3.36. The molecule has 0 spiro atoms. The van der Waals surface area contributed by atoms with Crippen LogP contribution in [-0.4, -0.2) is 23.8 Å². The summed E-state index contributed by atoms with van der Waals surface area (Å²) in [6.45, 7) is 2.76. The Morgan fingerprint density at radius 1 is 1.26 bits per heavy atom. The summed E-state index contributed by atoms with van der Waals surface area (Å²) in [5, 5.41) is 9.21. The van der Waals surface area contributed by atoms with Crippen molar-refractivity contribution >= 4 is 0 Å². The Labute approximate surface area is 133 Å². The second-order valence-corrected chi connectivity index (χ2v) is 6.33. The second-order valence-electron chi connectivity index (χ2n) is 6.33. The minimum Gasteiger partial charge on any atom is -0.503 e. The standard InChI is InChI=1S/C18H19F2NO2/c1-18(10-23-2)7-3-4-16-12(18)5-6-15(21-16)11-8-13(19)17(22)14(20)9-11/h5-6,8-9,22H,3-4,7,10H2,1-2H3. The molecular formula is C18H19F2NO2. The van der Waals surface area contributed by atoms with Gasteiger partial charge >= 0.3 is 0 Å². The third-order valence-corrected chi connectivity index (χ3v) is 4.54. The molecule has 1 aromatic carbocycles. The molecule has 3 rings (SSSR count). The number of ether oxygens (including phenoxy) is 1. The maximum absolute atomic E-state index is 13.6. The van der Waals surface area contributed by atoms with Crippen LogP contribution in [0.3, 0.4) is 0 Å². The van der Waals surface area contributed by atoms with Crippen molar-refractivity contribution in [3.8, 4) is 17.0 Å². The number of fused-ring (bicyclic) bond motifs is 1. The number of pyridine rings is 1. The molecule has 2 aromatic rings. The van der Waals surface area contributed by atoms with E-state index in [4.69, 9.17) is 4.74 Å². The molecule has 5 heteroatoms. The van der Waals surface area contributed by atoms with Gasteiger partial charge in [0.15, 0.2) is 17.4 Å². The summed E-state index contributed by atoms with van der Waals surface area (Å²) in [6.07, 6.45) is 2.87. The third-order valence-electron chi connectivity index (χ3n) is 4.54. The van der Waals surface area contributed by atoms with Gasteiger partial charge < -0.3 is 9.84 Å². The van der Waals surface area contributed by atoms with Gasteiger partial charge in [-0.25, -0.2) is 8.78 Å². The van der Waals surface area contributed by atoms with Gasteiger partial charge in [-0.2, -0.15) is 0 Å². The van der Waals surface area contributed by atoms with Crippen molar-refractivity contribution in [1.82, 2.24) is 4.98 Å². The molecule has 0 radical (unpaired) electrons. The van der Waals surface area contributed by atoms with E-state index in [9.17, 15) is 13.9 Å². The number of methoxy groups -OCH3 is 1. The van der Waals surface area contributed by atoms with Crippen molar-refractivity contribution in [1.29, 1.82) is 0 Å². The van der Waals surface area contributed by atoms with Gasteiger partial charge in [0, 0.05) is 23.8 Å². The van der Waals surface area contributed by atoms with E-state index in [1.807, 2.05) is 6.07 Å². The molecule has 1 aliphatic carbocycles. The monoisotopic (exact) mass is 319 g/mol. The van der Waals surface area contributed by atoms with Gasteiger partial charge in [-0.05, 0) is 43.0 Å². The van der Waals surface area contributed by atoms with E-state index >= 15 is 0 Å². The zero-order valence-corrected chi connectivity index (χ0v) is 13.2. The second kappa shape index (κ2) is 5.89. The molecule has 3 nitrogen and oxygen atoms in total. The Hall–Kier alpha value is -2.01. The topological polar surface area (TPSA) is 42.4 Å². The Bertz CT molecular complexity index is 725. The molecule has 1 aliphatic rings. The molecule has 122 valence electrons. The minimum atomic E-state index is -0.983. The summed E-state index contributed by atoms with van der Waals surface area (Å²) in [5.41, 5.74) is 2.82. The lowest BCUT2D eigenvalue weighted by Gasteiger charge is -2.35. The molecule has 0 aliphatic heterocycles. The van der Waals surface area contributed by atoms with E-state index < -0.39 is 17.4 Å². The van der Waals surface area contributed by atoms with Crippen LogP contribution in [0.25, 0.3) is 11.3 Å². The molecule has 0 bridgehead atoms. The number of hydrogen-bond donors (Lipinski definition) is 1. The number of benzene rings is 1. The molecule has 1 aromatic heterocycles. The molecule has 0 amide bonds. The van der Waals surface area contributed by atoms with Crippen LogP contribution in [0.2, 0.25) is 0 Å². The highest BCUT2D eigenvalue weighted by molar-refractivity contribution is 5.61. The summed E-state index contributed by atoms with van der Waals surface area (Å²) in [5.74, 6) is -2.92. The summed E-state index contributed by atoms with van der Waals surface area (Å²) in [6, 6.07) is 5.94. The predicted octanol–water partition coefficient (Wildman–Crippen LogP) is 3.97. The van der Waals surface area contributed by atoms with Crippen LogP contribution in [0.1, 0.15) is 31.0 Å². The van der Waals surface area contributed by atoms with Gasteiger partial charge in [-0.15, -0.1) is 0 Å². The first-order chi connectivity index (χ1) is 10.9. The Morgan fingerprint density at radius 3 is 2.61 bits per heavy atom. The lowest BCUT2D eigenvalue weighted by molar-refractivity contribution is 0.127. The Morgan fingerprint density at radius 2 is 1.96 bits per heavy atom. The number of halogens is 2. The van der Waals surface area contributed by atoms with Gasteiger partial charge in [0.05, 0.1) is 12.3 Å². The van der Waals surface area contributed by atoms with Crippen LogP contribution in [0, 0.1) is 11.6 Å². The Balaban J connectivity index is 2.05. The third kappa shape index (κ3) is 2.81. The van der Waals surface area contributed by atoms with Crippen molar-refractivity contribution in [3.05, 3.63) is 47.2 Å². The average Bonchev–Trinajstić information content (AvgIpc) is 2.52. The normalized spacial score (nSPS) is 20.3. The van der Waals surface area contributed by atoms with E-state index in [0.29, 0.717) is 17.9 Å². The molecular weight excluding hydrogens is 300 g/mol. The van der Waals surface area contributed by atoms with Gasteiger partial charge in [0.25, 0.3) is 0 Å². The van der Waals surface area contributed by atoms with Crippen molar-refractivity contribution in [2.45, 2.75) is 31.6 Å². The fraction of sp³-hybridized carbons (Fsp3) is 0.389. The van der Waals surface area contributed by atoms with Crippen molar-refractivity contribution < 1.29 is 18.6 Å². The zero-order chi connectivity index (χ0) is 16.6. The summed E-state index contributed by atoms with van der Waals surface area (Å²) in [7, 11) is 1.68. The lowest BCUT2D eigenvalue weighted by atomic mass is 9.73. The zero-order valence-electron chi connectivity index (χ0n) is 13.2. The number of aromatic hydroxyl groups is 1. The van der Waals surface area contributed by atoms with Gasteiger partial charge in [-0.1, -0.05) is 13.0 Å². The van der Waals surface area contributed by atoms with Crippen LogP contribution in [0.4, 0.5) is 8.78 Å². The smallest absolute Gasteiger partial charge is 0.187 e. The number of phenols is 1. The highest BCUT2D eigenvalue weighted by Gasteiger charge is 2.33. The molecule has 1 atom stereocenters. The molecule has 23 heavy (non-hydrogen) atoms. The number of phenolic OH excluding ortho intramolecular Hbond substituents is 1. The first-order valence-corrected chi connectivity index (χ1v) is 7.62. The van der Waals surface area contributed by atoms with Crippen molar-refractivity contribution in [2.75, 3.05) is 13.7 Å². The van der Waals surface area contributed by atoms with E-state index in [0.717, 1.165) is 42.7 Å². The first-order valence-electron chi connectivity index (χ1n) is 7.62. The van der Waals surface area contributed by atoms with Crippen LogP contribution in [-0.2, 0) is 16.6 Å².